The first-order valence-electron chi connectivity index (χ1n) is 33.2. The van der Waals surface area contributed by atoms with Gasteiger partial charge in [-0.1, -0.05) is 238 Å². The van der Waals surface area contributed by atoms with Crippen molar-refractivity contribution in [3.63, 3.8) is 0 Å². The third-order valence-electron chi connectivity index (χ3n) is 22.9. The molecular formula is C84H90BN3. The smallest absolute Gasteiger partial charge is 0.252 e. The van der Waals surface area contributed by atoms with Crippen LogP contribution in [0.25, 0.3) is 33.4 Å². The zero-order valence-electron chi connectivity index (χ0n) is 55.5. The Balaban J connectivity index is 1.13. The van der Waals surface area contributed by atoms with E-state index in [0.717, 1.165) is 25.7 Å². The van der Waals surface area contributed by atoms with Gasteiger partial charge in [-0.3, -0.25) is 0 Å². The second-order valence-corrected chi connectivity index (χ2v) is 32.7. The predicted molar refractivity (Wildman–Crippen MR) is 378 cm³/mol. The summed E-state index contributed by atoms with van der Waals surface area (Å²) in [5.41, 5.74) is 31.3. The molecule has 3 nitrogen and oxygen atoms in total. The molecule has 0 spiro atoms. The fourth-order valence-corrected chi connectivity index (χ4v) is 18.6. The van der Waals surface area contributed by atoms with Crippen LogP contribution in [-0.2, 0) is 37.9 Å². The molecule has 3 aliphatic carbocycles. The Morgan fingerprint density at radius 2 is 0.761 bits per heavy atom. The Labute approximate surface area is 527 Å². The van der Waals surface area contributed by atoms with Crippen LogP contribution in [0, 0.1) is 0 Å². The maximum absolute atomic E-state index is 2.87. The number of rotatable bonds is 6. The highest BCUT2D eigenvalue weighted by Crippen LogP contribution is 2.63. The van der Waals surface area contributed by atoms with E-state index in [9.17, 15) is 0 Å². The van der Waals surface area contributed by atoms with E-state index in [1.165, 1.54) is 147 Å². The molecule has 2 unspecified atom stereocenters. The summed E-state index contributed by atoms with van der Waals surface area (Å²) >= 11 is 0. The summed E-state index contributed by atoms with van der Waals surface area (Å²) in [6, 6.07) is 72.3. The summed E-state index contributed by atoms with van der Waals surface area (Å²) in [5, 5.41) is 0. The number of hydrogen-bond donors (Lipinski definition) is 0. The molecule has 4 heteroatoms. The van der Waals surface area contributed by atoms with Gasteiger partial charge in [0, 0.05) is 50.7 Å². The van der Waals surface area contributed by atoms with Gasteiger partial charge >= 0.3 is 0 Å². The quantitative estimate of drug-likeness (QED) is 0.154. The average Bonchev–Trinajstić information content (AvgIpc) is 1.22. The average molecular weight is 1150 g/mol. The summed E-state index contributed by atoms with van der Waals surface area (Å²) in [6.45, 7) is 39.4. The summed E-state index contributed by atoms with van der Waals surface area (Å²) < 4.78 is 0. The van der Waals surface area contributed by atoms with Crippen LogP contribution in [0.4, 0.5) is 45.5 Å². The molecular weight excluding hydrogens is 1060 g/mol. The van der Waals surface area contributed by atoms with Crippen molar-refractivity contribution in [1.82, 2.24) is 0 Å². The van der Waals surface area contributed by atoms with Crippen molar-refractivity contribution in [3.05, 3.63) is 221 Å². The maximum Gasteiger partial charge on any atom is 0.252 e. The summed E-state index contributed by atoms with van der Waals surface area (Å²) in [5.74, 6) is 0. The first kappa shape index (κ1) is 56.9. The predicted octanol–water partition coefficient (Wildman–Crippen LogP) is 21.0. The van der Waals surface area contributed by atoms with Crippen molar-refractivity contribution in [1.29, 1.82) is 0 Å². The van der Waals surface area contributed by atoms with Gasteiger partial charge in [0.2, 0.25) is 0 Å². The second kappa shape index (κ2) is 19.0. The van der Waals surface area contributed by atoms with Crippen LogP contribution < -0.4 is 31.1 Å². The molecule has 1 fully saturated rings. The third-order valence-corrected chi connectivity index (χ3v) is 22.9. The van der Waals surface area contributed by atoms with Crippen molar-refractivity contribution in [3.8, 4) is 33.4 Å². The van der Waals surface area contributed by atoms with Crippen LogP contribution in [-0.4, -0.2) is 12.3 Å². The molecule has 0 saturated heterocycles. The first-order valence-corrected chi connectivity index (χ1v) is 33.2. The summed E-state index contributed by atoms with van der Waals surface area (Å²) in [7, 11) is 0. The lowest BCUT2D eigenvalue weighted by Gasteiger charge is -2.51. The largest absolute Gasteiger partial charge is 0.334 e. The SMILES string of the molecule is CC(C)(C)c1ccc(N2c3cc4c(cc3B3c5cc6c(cc5N(c5ccc(C(C)(C)C)cc5-c5ccccc5)c5cc(N7c8ccc(-c9ccccc9)cc8C8(C)CCCCC78C)cc2c53)C(C)(C)CC6(C)C)C(C)(C)CC4(C)C)c(-c2ccccc2)c1. The van der Waals surface area contributed by atoms with Gasteiger partial charge in [-0.2, -0.15) is 0 Å². The highest BCUT2D eigenvalue weighted by Gasteiger charge is 2.59. The normalized spacial score (nSPS) is 21.3. The van der Waals surface area contributed by atoms with Crippen LogP contribution >= 0.6 is 0 Å². The van der Waals surface area contributed by atoms with Gasteiger partial charge < -0.3 is 14.7 Å². The van der Waals surface area contributed by atoms with Crippen LogP contribution in [0.5, 0.6) is 0 Å². The lowest BCUT2D eigenvalue weighted by atomic mass is 9.33. The standard InChI is InChI=1S/C84H90BN3/c1-77(2,3)57-35-38-69(60(43-57)54-30-22-18-23-31-54)86-72-49-64-62(79(7,8)51-81(64,11)12)47-67(72)85-68-48-63-65(82(13,14)52-80(63,9)10)50-73(68)87(70-39-36-58(78(4,5)6)44-61(70)55-32-24-19-25-33-55)75-46-59(45-74(86)76(75)85)88-71-37-34-56(53-28-20-17-21-29-53)42-66(71)83(15)40-26-27-41-84(83,88)16/h17-25,28-39,42-50H,26-27,40-41,51-52H2,1-16H3. The monoisotopic (exact) mass is 1150 g/mol. The lowest BCUT2D eigenvalue weighted by molar-refractivity contribution is 0.195. The molecule has 9 aromatic rings. The topological polar surface area (TPSA) is 9.72 Å². The van der Waals surface area contributed by atoms with Crippen molar-refractivity contribution in [2.75, 3.05) is 14.7 Å². The molecule has 1 saturated carbocycles. The molecule has 3 aliphatic heterocycles. The Hall–Kier alpha value is -7.56. The Morgan fingerprint density at radius 3 is 1.20 bits per heavy atom. The van der Waals surface area contributed by atoms with Gasteiger partial charge in [-0.25, -0.2) is 0 Å². The molecule has 2 atom stereocenters. The lowest BCUT2D eigenvalue weighted by Crippen LogP contribution is -2.62. The molecule has 0 N–H and O–H groups in total. The second-order valence-electron chi connectivity index (χ2n) is 32.7. The van der Waals surface area contributed by atoms with E-state index in [1.807, 2.05) is 0 Å². The van der Waals surface area contributed by atoms with Crippen molar-refractivity contribution >= 4 is 68.6 Å². The van der Waals surface area contributed by atoms with E-state index in [0.29, 0.717) is 0 Å². The summed E-state index contributed by atoms with van der Waals surface area (Å²) in [4.78, 5) is 8.44. The number of nitrogens with zero attached hydrogens (tertiary/aromatic N) is 3. The van der Waals surface area contributed by atoms with E-state index in [1.54, 1.807) is 0 Å². The molecule has 0 bridgehead atoms. The minimum absolute atomic E-state index is 0.0201. The number of benzene rings is 9. The zero-order valence-corrected chi connectivity index (χ0v) is 55.5. The minimum Gasteiger partial charge on any atom is -0.334 e. The van der Waals surface area contributed by atoms with Crippen LogP contribution in [0.15, 0.2) is 182 Å². The van der Waals surface area contributed by atoms with Gasteiger partial charge in [0.1, 0.15) is 0 Å². The highest BCUT2D eigenvalue weighted by atomic mass is 15.3. The Bertz CT molecular complexity index is 4130. The molecule has 0 aromatic heterocycles. The van der Waals surface area contributed by atoms with Crippen LogP contribution in [0.1, 0.15) is 188 Å². The van der Waals surface area contributed by atoms with Crippen molar-refractivity contribution in [2.24, 2.45) is 0 Å². The summed E-state index contributed by atoms with van der Waals surface area (Å²) in [6.07, 6.45) is 6.82. The highest BCUT2D eigenvalue weighted by molar-refractivity contribution is 7.00. The molecule has 0 radical (unpaired) electrons. The van der Waals surface area contributed by atoms with Gasteiger partial charge in [0.25, 0.3) is 6.71 Å². The van der Waals surface area contributed by atoms with E-state index >= 15 is 0 Å². The van der Waals surface area contributed by atoms with Crippen LogP contribution in [0.2, 0.25) is 0 Å². The molecule has 15 rings (SSSR count). The number of anilines is 8. The molecule has 3 heterocycles. The number of fused-ring (bicyclic) bond motifs is 9. The first-order chi connectivity index (χ1) is 41.6. The molecule has 6 aliphatic rings. The van der Waals surface area contributed by atoms with Gasteiger partial charge in [0.05, 0.1) is 16.9 Å². The molecule has 88 heavy (non-hydrogen) atoms. The van der Waals surface area contributed by atoms with Crippen molar-refractivity contribution < 1.29 is 0 Å². The fourth-order valence-electron chi connectivity index (χ4n) is 18.6. The van der Waals surface area contributed by atoms with E-state index < -0.39 is 0 Å². The van der Waals surface area contributed by atoms with Crippen LogP contribution in [0.3, 0.4) is 0 Å². The van der Waals surface area contributed by atoms with E-state index in [4.69, 9.17) is 0 Å². The zero-order chi connectivity index (χ0) is 61.6. The van der Waals surface area contributed by atoms with Gasteiger partial charge in [0.15, 0.2) is 0 Å². The van der Waals surface area contributed by atoms with E-state index in [2.05, 4.69) is 307 Å². The van der Waals surface area contributed by atoms with E-state index in [-0.39, 0.29) is 50.2 Å². The minimum atomic E-state index is -0.224. The van der Waals surface area contributed by atoms with Gasteiger partial charge in [-0.15, -0.1) is 0 Å². The van der Waals surface area contributed by atoms with Gasteiger partial charge in [-0.05, 0) is 203 Å². The Morgan fingerprint density at radius 1 is 0.352 bits per heavy atom. The molecule has 0 amide bonds. The number of hydrogen-bond acceptors (Lipinski definition) is 3. The maximum atomic E-state index is 2.87. The van der Waals surface area contributed by atoms with Crippen molar-refractivity contribution in [2.45, 2.75) is 193 Å². The fraction of sp³-hybridized carbons (Fsp3) is 0.357. The third kappa shape index (κ3) is 8.34. The molecule has 9 aromatic carbocycles. The molecule has 444 valence electrons. The Kier molecular flexibility index (Phi) is 12.3.